The van der Waals surface area contributed by atoms with Crippen molar-refractivity contribution in [1.29, 1.82) is 0 Å². The lowest BCUT2D eigenvalue weighted by Gasteiger charge is -2.18. The van der Waals surface area contributed by atoms with Crippen LogP contribution < -0.4 is 14.8 Å². The number of amides is 1. The quantitative estimate of drug-likeness (QED) is 0.677. The molecule has 27 heavy (non-hydrogen) atoms. The summed E-state index contributed by atoms with van der Waals surface area (Å²) in [7, 11) is 0. The van der Waals surface area contributed by atoms with E-state index in [1.165, 1.54) is 0 Å². The van der Waals surface area contributed by atoms with Gasteiger partial charge in [-0.15, -0.1) is 0 Å². The van der Waals surface area contributed by atoms with Crippen molar-refractivity contribution in [1.82, 2.24) is 15.3 Å². The fourth-order valence-corrected chi connectivity index (χ4v) is 3.26. The van der Waals surface area contributed by atoms with Crippen LogP contribution >= 0.6 is 0 Å². The highest BCUT2D eigenvalue weighted by atomic mass is 16.7. The van der Waals surface area contributed by atoms with Crippen molar-refractivity contribution in [2.75, 3.05) is 13.3 Å². The lowest BCUT2D eigenvalue weighted by Crippen LogP contribution is -2.27. The molecule has 1 aliphatic heterocycles. The summed E-state index contributed by atoms with van der Waals surface area (Å²) in [5.74, 6) is 1.44. The monoisotopic (exact) mass is 363 g/mol. The van der Waals surface area contributed by atoms with E-state index in [4.69, 9.17) is 9.47 Å². The number of ether oxygens (including phenoxy) is 2. The number of hydrogen-bond donors (Lipinski definition) is 2. The van der Waals surface area contributed by atoms with Crippen LogP contribution in [0.1, 0.15) is 29.2 Å². The van der Waals surface area contributed by atoms with Crippen LogP contribution in [0, 0.1) is 0 Å². The Morgan fingerprint density at radius 2 is 1.96 bits per heavy atom. The van der Waals surface area contributed by atoms with Crippen LogP contribution in [0.3, 0.4) is 0 Å². The zero-order chi connectivity index (χ0) is 18.5. The summed E-state index contributed by atoms with van der Waals surface area (Å²) in [5, 5.41) is 3.00. The molecule has 2 aromatic carbocycles. The van der Waals surface area contributed by atoms with Crippen LogP contribution in [0.5, 0.6) is 11.5 Å². The molecule has 1 atom stereocenters. The van der Waals surface area contributed by atoms with Gasteiger partial charge in [0.05, 0.1) is 6.33 Å². The van der Waals surface area contributed by atoms with Crippen LogP contribution in [0.4, 0.5) is 0 Å². The third-order valence-corrected chi connectivity index (χ3v) is 4.66. The molecule has 6 heteroatoms. The smallest absolute Gasteiger partial charge is 0.231 e. The second-order valence-corrected chi connectivity index (χ2v) is 6.46. The van der Waals surface area contributed by atoms with E-state index < -0.39 is 0 Å². The van der Waals surface area contributed by atoms with Crippen molar-refractivity contribution in [2.24, 2.45) is 0 Å². The Morgan fingerprint density at radius 3 is 2.78 bits per heavy atom. The number of hydrogen-bond acceptors (Lipinski definition) is 4. The van der Waals surface area contributed by atoms with Gasteiger partial charge < -0.3 is 19.8 Å². The summed E-state index contributed by atoms with van der Waals surface area (Å²) in [6, 6.07) is 15.9. The highest BCUT2D eigenvalue weighted by Gasteiger charge is 2.21. The minimum atomic E-state index is -0.0483. The van der Waals surface area contributed by atoms with E-state index in [0.29, 0.717) is 13.0 Å². The van der Waals surface area contributed by atoms with Crippen molar-refractivity contribution in [2.45, 2.75) is 18.8 Å². The molecule has 0 unspecified atom stereocenters. The third kappa shape index (κ3) is 4.11. The lowest BCUT2D eigenvalue weighted by molar-refractivity contribution is -0.121. The molecule has 0 saturated carbocycles. The number of imidazole rings is 1. The second-order valence-electron chi connectivity index (χ2n) is 6.46. The SMILES string of the molecule is O=C(C[C@H](c1ccccc1)c1ccc2c(c1)OCO2)NCCc1cnc[nH]1. The molecular formula is C21H21N3O3. The molecule has 2 N–H and O–H groups in total. The standard InChI is InChI=1S/C21H21N3O3/c25-21(23-9-8-17-12-22-13-24-17)11-18(15-4-2-1-3-5-15)16-6-7-19-20(10-16)27-14-26-19/h1-7,10,12-13,18H,8-9,11,14H2,(H,22,24)(H,23,25)/t18-/m1/s1. The normalized spacial score (nSPS) is 13.3. The van der Waals surface area contributed by atoms with E-state index in [-0.39, 0.29) is 18.6 Å². The highest BCUT2D eigenvalue weighted by molar-refractivity contribution is 5.77. The zero-order valence-electron chi connectivity index (χ0n) is 14.9. The summed E-state index contributed by atoms with van der Waals surface area (Å²) in [6.07, 6.45) is 4.51. The van der Waals surface area contributed by atoms with Gasteiger partial charge >= 0.3 is 0 Å². The van der Waals surface area contributed by atoms with Crippen molar-refractivity contribution >= 4 is 5.91 Å². The number of rotatable bonds is 7. The topological polar surface area (TPSA) is 76.2 Å². The number of benzene rings is 2. The molecule has 0 spiro atoms. The van der Waals surface area contributed by atoms with E-state index in [0.717, 1.165) is 34.7 Å². The number of aromatic nitrogens is 2. The zero-order valence-corrected chi connectivity index (χ0v) is 14.9. The van der Waals surface area contributed by atoms with Crippen LogP contribution in [-0.4, -0.2) is 29.2 Å². The summed E-state index contributed by atoms with van der Waals surface area (Å²) < 4.78 is 10.9. The fraction of sp³-hybridized carbons (Fsp3) is 0.238. The summed E-state index contributed by atoms with van der Waals surface area (Å²) in [4.78, 5) is 19.6. The average molecular weight is 363 g/mol. The Morgan fingerprint density at radius 1 is 1.11 bits per heavy atom. The first kappa shape index (κ1) is 17.1. The second kappa shape index (κ2) is 7.95. The fourth-order valence-electron chi connectivity index (χ4n) is 3.26. The third-order valence-electron chi connectivity index (χ3n) is 4.66. The van der Waals surface area contributed by atoms with Crippen LogP contribution in [0.15, 0.2) is 61.1 Å². The Balaban J connectivity index is 1.47. The largest absolute Gasteiger partial charge is 0.454 e. The Kier molecular flexibility index (Phi) is 5.05. The average Bonchev–Trinajstić information content (AvgIpc) is 3.38. The van der Waals surface area contributed by atoms with Gasteiger partial charge in [-0.05, 0) is 23.3 Å². The molecule has 138 valence electrons. The van der Waals surface area contributed by atoms with Gasteiger partial charge in [-0.1, -0.05) is 36.4 Å². The highest BCUT2D eigenvalue weighted by Crippen LogP contribution is 2.37. The predicted molar refractivity (Wildman–Crippen MR) is 101 cm³/mol. The van der Waals surface area contributed by atoms with Gasteiger partial charge in [-0.25, -0.2) is 4.98 Å². The first-order chi connectivity index (χ1) is 13.3. The molecule has 0 saturated heterocycles. The molecule has 2 heterocycles. The van der Waals surface area contributed by atoms with Crippen LogP contribution in [-0.2, 0) is 11.2 Å². The van der Waals surface area contributed by atoms with Gasteiger partial charge in [-0.3, -0.25) is 4.79 Å². The van der Waals surface area contributed by atoms with E-state index in [2.05, 4.69) is 15.3 Å². The van der Waals surface area contributed by atoms with Gasteiger partial charge in [-0.2, -0.15) is 0 Å². The summed E-state index contributed by atoms with van der Waals surface area (Å²) in [6.45, 7) is 0.812. The maximum absolute atomic E-state index is 12.6. The van der Waals surface area contributed by atoms with Crippen molar-refractivity contribution in [3.63, 3.8) is 0 Å². The van der Waals surface area contributed by atoms with Crippen molar-refractivity contribution in [3.05, 3.63) is 77.9 Å². The minimum Gasteiger partial charge on any atom is -0.454 e. The van der Waals surface area contributed by atoms with E-state index in [9.17, 15) is 4.79 Å². The number of nitrogens with zero attached hydrogens (tertiary/aromatic N) is 1. The molecular weight excluding hydrogens is 342 g/mol. The molecule has 3 aromatic rings. The Hall–Kier alpha value is -3.28. The molecule has 0 fully saturated rings. The molecule has 0 bridgehead atoms. The predicted octanol–water partition coefficient (Wildman–Crippen LogP) is 3.02. The van der Waals surface area contributed by atoms with Crippen molar-refractivity contribution < 1.29 is 14.3 Å². The van der Waals surface area contributed by atoms with Crippen LogP contribution in [0.2, 0.25) is 0 Å². The molecule has 6 nitrogen and oxygen atoms in total. The molecule has 0 aliphatic carbocycles. The van der Waals surface area contributed by atoms with E-state index in [1.807, 2.05) is 48.5 Å². The maximum atomic E-state index is 12.6. The van der Waals surface area contributed by atoms with Gasteiger partial charge in [0.25, 0.3) is 0 Å². The van der Waals surface area contributed by atoms with Gasteiger partial charge in [0.1, 0.15) is 0 Å². The minimum absolute atomic E-state index is 0.0148. The Labute approximate surface area is 157 Å². The van der Waals surface area contributed by atoms with Crippen LogP contribution in [0.25, 0.3) is 0 Å². The van der Waals surface area contributed by atoms with Gasteiger partial charge in [0, 0.05) is 37.2 Å². The number of aromatic amines is 1. The lowest BCUT2D eigenvalue weighted by atomic mass is 9.88. The number of fused-ring (bicyclic) bond motifs is 1. The van der Waals surface area contributed by atoms with Gasteiger partial charge in [0.15, 0.2) is 11.5 Å². The molecule has 1 aliphatic rings. The Bertz CT molecular complexity index is 894. The number of H-pyrrole nitrogens is 1. The molecule has 4 rings (SSSR count). The number of carbonyl (C=O) groups excluding carboxylic acids is 1. The molecule has 1 aromatic heterocycles. The maximum Gasteiger partial charge on any atom is 0.231 e. The summed E-state index contributed by atoms with van der Waals surface area (Å²) >= 11 is 0. The van der Waals surface area contributed by atoms with E-state index in [1.54, 1.807) is 12.5 Å². The first-order valence-corrected chi connectivity index (χ1v) is 8.98. The van der Waals surface area contributed by atoms with E-state index >= 15 is 0 Å². The van der Waals surface area contributed by atoms with Crippen molar-refractivity contribution in [3.8, 4) is 11.5 Å². The molecule has 0 radical (unpaired) electrons. The number of carbonyl (C=O) groups is 1. The molecule has 1 amide bonds. The summed E-state index contributed by atoms with van der Waals surface area (Å²) in [5.41, 5.74) is 3.14. The van der Waals surface area contributed by atoms with Gasteiger partial charge in [0.2, 0.25) is 12.7 Å². The first-order valence-electron chi connectivity index (χ1n) is 8.98. The number of nitrogens with one attached hydrogen (secondary N) is 2.